The molecule has 1 aromatic heterocycles. The molecule has 0 radical (unpaired) electrons. The Kier molecular flexibility index (Phi) is 2.90. The summed E-state index contributed by atoms with van der Waals surface area (Å²) in [6, 6.07) is 6.31. The molecule has 2 aromatic rings. The van der Waals surface area contributed by atoms with Gasteiger partial charge in [0, 0.05) is 11.6 Å². The molecule has 0 bridgehead atoms. The van der Waals surface area contributed by atoms with E-state index in [0.29, 0.717) is 6.04 Å². The van der Waals surface area contributed by atoms with Gasteiger partial charge in [-0.1, -0.05) is 0 Å². The summed E-state index contributed by atoms with van der Waals surface area (Å²) in [7, 11) is 1.80. The summed E-state index contributed by atoms with van der Waals surface area (Å²) in [4.78, 5) is 16.8. The van der Waals surface area contributed by atoms with Gasteiger partial charge in [0.1, 0.15) is 5.82 Å². The normalized spacial score (nSPS) is 16.8. The topological polar surface area (TPSA) is 46.9 Å². The van der Waals surface area contributed by atoms with E-state index in [-0.39, 0.29) is 11.8 Å². The number of likely N-dealkylation sites (N-methyl/N-ethyl adjacent to an activating group) is 1. The van der Waals surface area contributed by atoms with Crippen LogP contribution in [-0.2, 0) is 0 Å². The molecule has 1 unspecified atom stereocenters. The predicted octanol–water partition coefficient (Wildman–Crippen LogP) is 2.47. The highest BCUT2D eigenvalue weighted by molar-refractivity contribution is 6.02. The number of aromatic nitrogens is 2. The van der Waals surface area contributed by atoms with Crippen molar-refractivity contribution in [1.29, 1.82) is 0 Å². The van der Waals surface area contributed by atoms with Crippen LogP contribution in [0.2, 0.25) is 0 Å². The third kappa shape index (κ3) is 2.06. The van der Waals surface area contributed by atoms with Crippen molar-refractivity contribution >= 4 is 16.8 Å². The number of hydrogen-bond donors (Lipinski definition) is 1. The molecule has 1 heterocycles. The predicted molar refractivity (Wildman–Crippen MR) is 75.6 cm³/mol. The Hall–Kier alpha value is -1.68. The minimum absolute atomic E-state index is 0.114. The van der Waals surface area contributed by atoms with Crippen molar-refractivity contribution < 1.29 is 4.79 Å². The summed E-state index contributed by atoms with van der Waals surface area (Å²) < 4.78 is 2.30. The lowest BCUT2D eigenvalue weighted by molar-refractivity contribution is 0.0955. The molecule has 1 aliphatic rings. The van der Waals surface area contributed by atoms with Crippen LogP contribution in [0.1, 0.15) is 42.0 Å². The lowest BCUT2D eigenvalue weighted by atomic mass is 10.1. The van der Waals surface area contributed by atoms with Gasteiger partial charge in [-0.05, 0) is 51.9 Å². The first-order valence-electron chi connectivity index (χ1n) is 6.82. The van der Waals surface area contributed by atoms with E-state index in [0.717, 1.165) is 22.4 Å². The number of Topliss-reactive ketones (excluding diaryl/α,β-unsaturated/α-hetero) is 1. The molecule has 1 aliphatic carbocycles. The van der Waals surface area contributed by atoms with Gasteiger partial charge in [-0.15, -0.1) is 0 Å². The van der Waals surface area contributed by atoms with Crippen LogP contribution in [0.25, 0.3) is 11.0 Å². The molecular weight excluding hydrogens is 238 g/mol. The minimum atomic E-state index is -0.163. The highest BCUT2D eigenvalue weighted by Gasteiger charge is 2.27. The molecular formula is C15H19N3O. The zero-order valence-electron chi connectivity index (χ0n) is 11.6. The maximum atomic E-state index is 12.2. The Balaban J connectivity index is 2.04. The zero-order valence-corrected chi connectivity index (χ0v) is 11.6. The molecule has 1 atom stereocenters. The molecule has 0 saturated heterocycles. The highest BCUT2D eigenvalue weighted by Crippen LogP contribution is 2.38. The SMILES string of the molecule is CNC(C)C(=O)c1ccc2c(c1)nc(C)n2C1CC1. The molecule has 0 spiro atoms. The third-order valence-electron chi connectivity index (χ3n) is 3.89. The Morgan fingerprint density at radius 3 is 2.84 bits per heavy atom. The lowest BCUT2D eigenvalue weighted by Crippen LogP contribution is -2.30. The number of ketones is 1. The van der Waals surface area contributed by atoms with E-state index in [2.05, 4.69) is 14.9 Å². The summed E-state index contributed by atoms with van der Waals surface area (Å²) in [5.74, 6) is 1.16. The van der Waals surface area contributed by atoms with E-state index < -0.39 is 0 Å². The highest BCUT2D eigenvalue weighted by atomic mass is 16.1. The second-order valence-corrected chi connectivity index (χ2v) is 5.34. The number of carbonyl (C=O) groups is 1. The van der Waals surface area contributed by atoms with Gasteiger partial charge in [0.05, 0.1) is 17.1 Å². The second kappa shape index (κ2) is 4.46. The maximum Gasteiger partial charge on any atom is 0.179 e. The van der Waals surface area contributed by atoms with Crippen LogP contribution in [-0.4, -0.2) is 28.4 Å². The quantitative estimate of drug-likeness (QED) is 0.856. The van der Waals surface area contributed by atoms with Crippen LogP contribution in [0.15, 0.2) is 18.2 Å². The first kappa shape index (κ1) is 12.4. The zero-order chi connectivity index (χ0) is 13.6. The van der Waals surface area contributed by atoms with E-state index in [1.165, 1.54) is 12.8 Å². The molecule has 100 valence electrons. The number of fused-ring (bicyclic) bond motifs is 1. The smallest absolute Gasteiger partial charge is 0.179 e. The Morgan fingerprint density at radius 1 is 1.47 bits per heavy atom. The molecule has 1 saturated carbocycles. The monoisotopic (exact) mass is 257 g/mol. The fourth-order valence-corrected chi connectivity index (χ4v) is 2.55. The van der Waals surface area contributed by atoms with Gasteiger partial charge in [-0.2, -0.15) is 0 Å². The van der Waals surface area contributed by atoms with Crippen LogP contribution >= 0.6 is 0 Å². The molecule has 19 heavy (non-hydrogen) atoms. The average molecular weight is 257 g/mol. The number of nitrogens with zero attached hydrogens (tertiary/aromatic N) is 2. The van der Waals surface area contributed by atoms with Crippen molar-refractivity contribution in [2.75, 3.05) is 7.05 Å². The first-order valence-corrected chi connectivity index (χ1v) is 6.82. The number of benzene rings is 1. The molecule has 0 aliphatic heterocycles. The van der Waals surface area contributed by atoms with Gasteiger partial charge in [-0.25, -0.2) is 4.98 Å². The van der Waals surface area contributed by atoms with Gasteiger partial charge >= 0.3 is 0 Å². The summed E-state index contributed by atoms with van der Waals surface area (Å²) in [6.45, 7) is 3.91. The number of rotatable bonds is 4. The van der Waals surface area contributed by atoms with Gasteiger partial charge in [0.25, 0.3) is 0 Å². The van der Waals surface area contributed by atoms with Crippen molar-refractivity contribution in [3.63, 3.8) is 0 Å². The molecule has 1 N–H and O–H groups in total. The van der Waals surface area contributed by atoms with Crippen molar-refractivity contribution in [3.05, 3.63) is 29.6 Å². The summed E-state index contributed by atoms with van der Waals surface area (Å²) >= 11 is 0. The van der Waals surface area contributed by atoms with Gasteiger partial charge in [-0.3, -0.25) is 4.79 Å². The van der Waals surface area contributed by atoms with Gasteiger partial charge in [0.2, 0.25) is 0 Å². The molecule has 3 rings (SSSR count). The Labute approximate surface area is 112 Å². The van der Waals surface area contributed by atoms with Gasteiger partial charge < -0.3 is 9.88 Å². The molecule has 0 amide bonds. The average Bonchev–Trinajstić information content (AvgIpc) is 3.18. The van der Waals surface area contributed by atoms with Crippen LogP contribution in [0.3, 0.4) is 0 Å². The van der Waals surface area contributed by atoms with Crippen LogP contribution in [0, 0.1) is 6.92 Å². The fourth-order valence-electron chi connectivity index (χ4n) is 2.55. The summed E-state index contributed by atoms with van der Waals surface area (Å²) in [5.41, 5.74) is 2.81. The van der Waals surface area contributed by atoms with Crippen molar-refractivity contribution in [2.45, 2.75) is 38.8 Å². The van der Waals surface area contributed by atoms with E-state index in [4.69, 9.17) is 0 Å². The fraction of sp³-hybridized carbons (Fsp3) is 0.467. The third-order valence-corrected chi connectivity index (χ3v) is 3.89. The molecule has 4 nitrogen and oxygen atoms in total. The standard InChI is InChI=1S/C15H19N3O/c1-9(16-3)15(19)11-4-7-14-13(8-11)17-10(2)18(14)12-5-6-12/h4,7-9,12,16H,5-6H2,1-3H3. The second-order valence-electron chi connectivity index (χ2n) is 5.34. The van der Waals surface area contributed by atoms with Crippen LogP contribution in [0.5, 0.6) is 0 Å². The van der Waals surface area contributed by atoms with Crippen molar-refractivity contribution in [1.82, 2.24) is 14.9 Å². The molecule has 4 heteroatoms. The maximum absolute atomic E-state index is 12.2. The van der Waals surface area contributed by atoms with Crippen molar-refractivity contribution in [2.24, 2.45) is 0 Å². The number of nitrogens with one attached hydrogen (secondary N) is 1. The van der Waals surface area contributed by atoms with Crippen LogP contribution in [0.4, 0.5) is 0 Å². The van der Waals surface area contributed by atoms with E-state index in [1.54, 1.807) is 7.05 Å². The Morgan fingerprint density at radius 2 is 2.21 bits per heavy atom. The summed E-state index contributed by atoms with van der Waals surface area (Å²) in [5, 5.41) is 2.98. The minimum Gasteiger partial charge on any atom is -0.325 e. The molecule has 1 aromatic carbocycles. The molecule has 1 fully saturated rings. The number of carbonyl (C=O) groups excluding carboxylic acids is 1. The van der Waals surface area contributed by atoms with E-state index in [1.807, 2.05) is 32.0 Å². The van der Waals surface area contributed by atoms with Crippen molar-refractivity contribution in [3.8, 4) is 0 Å². The van der Waals surface area contributed by atoms with Gasteiger partial charge in [0.15, 0.2) is 5.78 Å². The van der Waals surface area contributed by atoms with Crippen LogP contribution < -0.4 is 5.32 Å². The summed E-state index contributed by atoms with van der Waals surface area (Å²) in [6.07, 6.45) is 2.48. The van der Waals surface area contributed by atoms with E-state index in [9.17, 15) is 4.79 Å². The number of hydrogen-bond acceptors (Lipinski definition) is 3. The first-order chi connectivity index (χ1) is 9.11. The Bertz CT molecular complexity index is 640. The lowest BCUT2D eigenvalue weighted by Gasteiger charge is -2.09. The largest absolute Gasteiger partial charge is 0.325 e. The number of imidazole rings is 1. The van der Waals surface area contributed by atoms with E-state index >= 15 is 0 Å². The number of aryl methyl sites for hydroxylation is 1.